The van der Waals surface area contributed by atoms with Gasteiger partial charge >= 0.3 is 5.97 Å². The number of esters is 1. The Hall–Kier alpha value is -4.04. The number of allylic oxidation sites excluding steroid dienone is 2. The topological polar surface area (TPSA) is 65.6 Å². The first-order valence-electron chi connectivity index (χ1n) is 12.0. The highest BCUT2D eigenvalue weighted by atomic mass is 32.1. The minimum Gasteiger partial charge on any atom is -0.463 e. The molecule has 0 saturated heterocycles. The quantitative estimate of drug-likeness (QED) is 0.283. The Labute approximate surface area is 217 Å². The number of halogens is 1. The van der Waals surface area contributed by atoms with Gasteiger partial charge in [-0.1, -0.05) is 47.7 Å². The fourth-order valence-corrected chi connectivity index (χ4v) is 5.92. The second-order valence-electron chi connectivity index (χ2n) is 8.77. The maximum atomic E-state index is 13.9. The van der Waals surface area contributed by atoms with Crippen molar-refractivity contribution < 1.29 is 13.9 Å². The number of carbonyl (C=O) groups is 1. The van der Waals surface area contributed by atoms with Crippen molar-refractivity contribution in [3.8, 4) is 0 Å². The molecule has 0 radical (unpaired) electrons. The van der Waals surface area contributed by atoms with Gasteiger partial charge in [-0.25, -0.2) is 14.2 Å². The van der Waals surface area contributed by atoms with E-state index in [1.54, 1.807) is 26.0 Å². The predicted octanol–water partition coefficient (Wildman–Crippen LogP) is 4.39. The fourth-order valence-electron chi connectivity index (χ4n) is 4.89. The number of nitrogens with zero attached hydrogens (tertiary/aromatic N) is 3. The summed E-state index contributed by atoms with van der Waals surface area (Å²) in [6.07, 6.45) is 3.74. The molecule has 0 bridgehead atoms. The Morgan fingerprint density at radius 2 is 1.92 bits per heavy atom. The monoisotopic (exact) mass is 515 g/mol. The van der Waals surface area contributed by atoms with Crippen LogP contribution in [0.25, 0.3) is 17.0 Å². The lowest BCUT2D eigenvalue weighted by molar-refractivity contribution is -0.139. The van der Waals surface area contributed by atoms with Crippen molar-refractivity contribution in [2.24, 2.45) is 4.99 Å². The van der Waals surface area contributed by atoms with Crippen LogP contribution in [-0.4, -0.2) is 21.7 Å². The summed E-state index contributed by atoms with van der Waals surface area (Å²) in [5, 5.41) is 1.03. The third-order valence-electron chi connectivity index (χ3n) is 6.57. The van der Waals surface area contributed by atoms with Crippen LogP contribution in [0, 0.1) is 12.7 Å². The summed E-state index contributed by atoms with van der Waals surface area (Å²) in [6.45, 7) is 10.2. The van der Waals surface area contributed by atoms with E-state index < -0.39 is 17.8 Å². The first-order chi connectivity index (χ1) is 17.8. The number of hydrogen-bond donors (Lipinski definition) is 0. The summed E-state index contributed by atoms with van der Waals surface area (Å²) in [5.41, 5.74) is 4.10. The van der Waals surface area contributed by atoms with Gasteiger partial charge in [0, 0.05) is 28.7 Å². The third kappa shape index (κ3) is 4.17. The summed E-state index contributed by atoms with van der Waals surface area (Å²) in [5.74, 6) is -0.948. The molecule has 2 aromatic heterocycles. The van der Waals surface area contributed by atoms with Gasteiger partial charge in [-0.05, 0) is 50.6 Å². The number of fused-ring (bicyclic) bond motifs is 2. The number of hydrogen-bond acceptors (Lipinski definition) is 5. The van der Waals surface area contributed by atoms with Crippen molar-refractivity contribution in [1.82, 2.24) is 9.13 Å². The zero-order valence-corrected chi connectivity index (χ0v) is 21.6. The van der Waals surface area contributed by atoms with Crippen molar-refractivity contribution in [3.05, 3.63) is 115 Å². The van der Waals surface area contributed by atoms with Gasteiger partial charge in [0.1, 0.15) is 5.82 Å². The largest absolute Gasteiger partial charge is 0.463 e. The van der Waals surface area contributed by atoms with Crippen LogP contribution in [-0.2, 0) is 16.1 Å². The third-order valence-corrected chi connectivity index (χ3v) is 7.55. The molecule has 6 nitrogen and oxygen atoms in total. The van der Waals surface area contributed by atoms with Gasteiger partial charge in [0.25, 0.3) is 5.56 Å². The second kappa shape index (κ2) is 9.78. The van der Waals surface area contributed by atoms with Gasteiger partial charge in [0.15, 0.2) is 4.80 Å². The molecule has 37 heavy (non-hydrogen) atoms. The van der Waals surface area contributed by atoms with E-state index in [0.29, 0.717) is 27.1 Å². The lowest BCUT2D eigenvalue weighted by Crippen LogP contribution is -2.39. The first kappa shape index (κ1) is 24.6. The van der Waals surface area contributed by atoms with Gasteiger partial charge in [0.2, 0.25) is 0 Å². The van der Waals surface area contributed by atoms with Crippen LogP contribution < -0.4 is 14.9 Å². The molecule has 2 aromatic carbocycles. The molecule has 3 heterocycles. The van der Waals surface area contributed by atoms with Crippen LogP contribution >= 0.6 is 11.3 Å². The van der Waals surface area contributed by atoms with E-state index in [2.05, 4.69) is 16.1 Å². The van der Waals surface area contributed by atoms with Crippen LogP contribution in [0.4, 0.5) is 4.39 Å². The molecule has 0 spiro atoms. The summed E-state index contributed by atoms with van der Waals surface area (Å²) in [4.78, 5) is 32.0. The number of ether oxygens (including phenoxy) is 1. The zero-order chi connectivity index (χ0) is 26.3. The van der Waals surface area contributed by atoms with E-state index in [1.807, 2.05) is 43.3 Å². The highest BCUT2D eigenvalue weighted by molar-refractivity contribution is 7.07. The SMILES string of the molecule is C=CCn1c(C)c(/C=c2/sc3n(c2=O)C(c2ccc(F)cc2)C(C(=O)OCC)=C(C)N=3)c2ccccc21. The molecule has 8 heteroatoms. The van der Waals surface area contributed by atoms with Gasteiger partial charge in [-0.2, -0.15) is 0 Å². The molecule has 0 fully saturated rings. The lowest BCUT2D eigenvalue weighted by atomic mass is 9.96. The number of benzene rings is 2. The zero-order valence-electron chi connectivity index (χ0n) is 20.8. The van der Waals surface area contributed by atoms with Crippen LogP contribution in [0.5, 0.6) is 0 Å². The summed E-state index contributed by atoms with van der Waals surface area (Å²) < 4.78 is 23.2. The fraction of sp³-hybridized carbons (Fsp3) is 0.207. The number of rotatable bonds is 6. The average molecular weight is 516 g/mol. The maximum Gasteiger partial charge on any atom is 0.338 e. The number of carbonyl (C=O) groups excluding carboxylic acids is 1. The highest BCUT2D eigenvalue weighted by Gasteiger charge is 2.33. The van der Waals surface area contributed by atoms with Crippen LogP contribution in [0.1, 0.15) is 36.7 Å². The van der Waals surface area contributed by atoms with Crippen LogP contribution in [0.2, 0.25) is 0 Å². The first-order valence-corrected chi connectivity index (χ1v) is 12.8. The summed E-state index contributed by atoms with van der Waals surface area (Å²) in [7, 11) is 0. The van der Waals surface area contributed by atoms with Gasteiger partial charge < -0.3 is 9.30 Å². The smallest absolute Gasteiger partial charge is 0.338 e. The Morgan fingerprint density at radius 3 is 2.62 bits per heavy atom. The van der Waals surface area contributed by atoms with E-state index in [4.69, 9.17) is 4.74 Å². The van der Waals surface area contributed by atoms with Crippen molar-refractivity contribution in [1.29, 1.82) is 0 Å². The molecular formula is C29H26FN3O3S. The molecule has 0 amide bonds. The average Bonchev–Trinajstić information content (AvgIpc) is 3.33. The number of thiazole rings is 1. The van der Waals surface area contributed by atoms with Crippen molar-refractivity contribution in [2.75, 3.05) is 6.61 Å². The van der Waals surface area contributed by atoms with Gasteiger partial charge in [0.05, 0.1) is 28.5 Å². The van der Waals surface area contributed by atoms with E-state index in [0.717, 1.165) is 22.2 Å². The molecule has 5 rings (SSSR count). The molecule has 0 aliphatic carbocycles. The summed E-state index contributed by atoms with van der Waals surface area (Å²) in [6, 6.07) is 13.1. The van der Waals surface area contributed by atoms with Crippen LogP contribution in [0.3, 0.4) is 0 Å². The van der Waals surface area contributed by atoms with Gasteiger partial charge in [-0.3, -0.25) is 9.36 Å². The number of para-hydroxylation sites is 1. The van der Waals surface area contributed by atoms with Crippen molar-refractivity contribution in [2.45, 2.75) is 33.4 Å². The summed E-state index contributed by atoms with van der Waals surface area (Å²) >= 11 is 1.27. The van der Waals surface area contributed by atoms with Crippen molar-refractivity contribution in [3.63, 3.8) is 0 Å². The maximum absolute atomic E-state index is 13.9. The molecule has 0 saturated carbocycles. The minimum atomic E-state index is -0.777. The van der Waals surface area contributed by atoms with E-state index >= 15 is 0 Å². The Bertz CT molecular complexity index is 1760. The minimum absolute atomic E-state index is 0.185. The normalized spacial score (nSPS) is 15.6. The van der Waals surface area contributed by atoms with E-state index in [-0.39, 0.29) is 17.7 Å². The molecule has 1 atom stereocenters. The Kier molecular flexibility index (Phi) is 6.52. The van der Waals surface area contributed by atoms with Crippen molar-refractivity contribution >= 4 is 34.3 Å². The predicted molar refractivity (Wildman–Crippen MR) is 144 cm³/mol. The Balaban J connectivity index is 1.77. The molecular weight excluding hydrogens is 489 g/mol. The van der Waals surface area contributed by atoms with E-state index in [9.17, 15) is 14.0 Å². The lowest BCUT2D eigenvalue weighted by Gasteiger charge is -2.24. The standard InChI is InChI=1S/C29H26FN3O3S/c1-5-15-32-18(4)22(21-9-7-8-10-23(21)32)16-24-27(34)33-26(19-11-13-20(30)14-12-19)25(28(35)36-6-2)17(3)31-29(33)37-24/h5,7-14,16,26H,1,6,15H2,2-4H3/b24-16+. The second-order valence-corrected chi connectivity index (χ2v) is 9.78. The molecule has 0 N–H and O–H groups in total. The molecule has 188 valence electrons. The van der Waals surface area contributed by atoms with E-state index in [1.165, 1.54) is 28.0 Å². The molecule has 4 aromatic rings. The van der Waals surface area contributed by atoms with Crippen LogP contribution in [0.15, 0.2) is 82.2 Å². The molecule has 1 unspecified atom stereocenters. The molecule has 1 aliphatic heterocycles. The number of aromatic nitrogens is 2. The Morgan fingerprint density at radius 1 is 1.19 bits per heavy atom. The highest BCUT2D eigenvalue weighted by Crippen LogP contribution is 2.31. The molecule has 1 aliphatic rings. The van der Waals surface area contributed by atoms with Gasteiger partial charge in [-0.15, -0.1) is 6.58 Å².